The van der Waals surface area contributed by atoms with Gasteiger partial charge in [-0.15, -0.1) is 0 Å². The van der Waals surface area contributed by atoms with Gasteiger partial charge in [0.15, 0.2) is 0 Å². The molecule has 0 fully saturated rings. The number of rotatable bonds is 3. The summed E-state index contributed by atoms with van der Waals surface area (Å²) in [5, 5.41) is 11.3. The second-order valence-corrected chi connectivity index (χ2v) is 4.31. The summed E-state index contributed by atoms with van der Waals surface area (Å²) in [5.41, 5.74) is 1.63. The Bertz CT molecular complexity index is 684. The SMILES string of the molecule is O=C(NCc1ccccc1F)c1ccc(C#CCO)cc1. The van der Waals surface area contributed by atoms with E-state index in [4.69, 9.17) is 5.11 Å². The monoisotopic (exact) mass is 283 g/mol. The molecular formula is C17H14FNO2. The predicted molar refractivity (Wildman–Crippen MR) is 78.0 cm³/mol. The van der Waals surface area contributed by atoms with E-state index < -0.39 is 0 Å². The van der Waals surface area contributed by atoms with Crippen molar-refractivity contribution in [2.75, 3.05) is 6.61 Å². The highest BCUT2D eigenvalue weighted by Crippen LogP contribution is 2.07. The van der Waals surface area contributed by atoms with Crippen LogP contribution in [0.3, 0.4) is 0 Å². The number of hydrogen-bond acceptors (Lipinski definition) is 2. The second-order valence-electron chi connectivity index (χ2n) is 4.31. The molecule has 2 aromatic carbocycles. The van der Waals surface area contributed by atoms with Crippen LogP contribution < -0.4 is 5.32 Å². The molecule has 106 valence electrons. The van der Waals surface area contributed by atoms with Gasteiger partial charge in [-0.3, -0.25) is 4.79 Å². The third kappa shape index (κ3) is 4.16. The van der Waals surface area contributed by atoms with Crippen molar-refractivity contribution in [1.29, 1.82) is 0 Å². The summed E-state index contributed by atoms with van der Waals surface area (Å²) < 4.78 is 13.4. The Labute approximate surface area is 122 Å². The maximum atomic E-state index is 13.4. The first-order valence-electron chi connectivity index (χ1n) is 6.42. The average Bonchev–Trinajstić information content (AvgIpc) is 2.52. The minimum Gasteiger partial charge on any atom is -0.384 e. The van der Waals surface area contributed by atoms with Crippen LogP contribution in [0.2, 0.25) is 0 Å². The number of carbonyl (C=O) groups excluding carboxylic acids is 1. The van der Waals surface area contributed by atoms with Gasteiger partial charge in [0, 0.05) is 23.2 Å². The zero-order valence-corrected chi connectivity index (χ0v) is 11.3. The molecule has 0 aromatic heterocycles. The van der Waals surface area contributed by atoms with Crippen molar-refractivity contribution in [2.45, 2.75) is 6.54 Å². The quantitative estimate of drug-likeness (QED) is 0.848. The summed E-state index contributed by atoms with van der Waals surface area (Å²) in [5.74, 6) is 4.66. The fourth-order valence-corrected chi connectivity index (χ4v) is 1.77. The zero-order valence-electron chi connectivity index (χ0n) is 11.3. The lowest BCUT2D eigenvalue weighted by Gasteiger charge is -2.06. The molecule has 0 heterocycles. The largest absolute Gasteiger partial charge is 0.384 e. The number of halogens is 1. The molecule has 3 nitrogen and oxygen atoms in total. The highest BCUT2D eigenvalue weighted by Gasteiger charge is 2.06. The van der Waals surface area contributed by atoms with E-state index in [9.17, 15) is 9.18 Å². The van der Waals surface area contributed by atoms with Crippen LogP contribution in [-0.2, 0) is 6.54 Å². The molecule has 0 radical (unpaired) electrons. The van der Waals surface area contributed by atoms with Crippen LogP contribution in [0.1, 0.15) is 21.5 Å². The molecule has 1 amide bonds. The van der Waals surface area contributed by atoms with Crippen molar-refractivity contribution in [3.05, 3.63) is 71.0 Å². The van der Waals surface area contributed by atoms with Crippen LogP contribution in [0.5, 0.6) is 0 Å². The van der Waals surface area contributed by atoms with Gasteiger partial charge in [-0.25, -0.2) is 4.39 Å². The molecule has 4 heteroatoms. The zero-order chi connectivity index (χ0) is 15.1. The molecule has 0 saturated carbocycles. The Morgan fingerprint density at radius 1 is 1.14 bits per heavy atom. The molecule has 2 rings (SSSR count). The minimum atomic E-state index is -0.340. The normalized spacial score (nSPS) is 9.62. The maximum Gasteiger partial charge on any atom is 0.251 e. The first-order valence-corrected chi connectivity index (χ1v) is 6.42. The van der Waals surface area contributed by atoms with Crippen molar-refractivity contribution in [2.24, 2.45) is 0 Å². The number of hydrogen-bond donors (Lipinski definition) is 2. The van der Waals surface area contributed by atoms with Crippen molar-refractivity contribution >= 4 is 5.91 Å². The molecule has 0 spiro atoms. The Balaban J connectivity index is 1.99. The number of amides is 1. The lowest BCUT2D eigenvalue weighted by atomic mass is 10.1. The first-order chi connectivity index (χ1) is 10.2. The molecule has 0 saturated heterocycles. The van der Waals surface area contributed by atoms with Crippen molar-refractivity contribution in [3.8, 4) is 11.8 Å². The van der Waals surface area contributed by atoms with Crippen LogP contribution in [0, 0.1) is 17.7 Å². The maximum absolute atomic E-state index is 13.4. The van der Waals surface area contributed by atoms with E-state index in [0.717, 1.165) is 5.56 Å². The van der Waals surface area contributed by atoms with Gasteiger partial charge >= 0.3 is 0 Å². The third-order valence-electron chi connectivity index (χ3n) is 2.86. The molecule has 0 atom stereocenters. The molecule has 0 aliphatic carbocycles. The molecule has 2 aromatic rings. The van der Waals surface area contributed by atoms with E-state index in [2.05, 4.69) is 17.2 Å². The number of nitrogens with one attached hydrogen (secondary N) is 1. The van der Waals surface area contributed by atoms with E-state index in [1.807, 2.05) is 0 Å². The van der Waals surface area contributed by atoms with Gasteiger partial charge < -0.3 is 10.4 Å². The Kier molecular flexibility index (Phi) is 5.08. The van der Waals surface area contributed by atoms with Crippen LogP contribution in [0.4, 0.5) is 4.39 Å². The number of benzene rings is 2. The Hall–Kier alpha value is -2.64. The molecule has 0 bridgehead atoms. The summed E-state index contributed by atoms with van der Waals surface area (Å²) >= 11 is 0. The standard InChI is InChI=1S/C17H14FNO2/c18-16-6-2-1-5-15(16)12-19-17(21)14-9-7-13(8-10-14)4-3-11-20/h1-2,5-10,20H,11-12H2,(H,19,21). The number of aliphatic hydroxyl groups excluding tert-OH is 1. The van der Waals surface area contributed by atoms with Gasteiger partial charge in [-0.05, 0) is 30.3 Å². The highest BCUT2D eigenvalue weighted by molar-refractivity contribution is 5.94. The van der Waals surface area contributed by atoms with Gasteiger partial charge in [-0.2, -0.15) is 0 Å². The van der Waals surface area contributed by atoms with Gasteiger partial charge in [0.25, 0.3) is 5.91 Å². The molecule has 0 aliphatic rings. The molecule has 0 aliphatic heterocycles. The lowest BCUT2D eigenvalue weighted by Crippen LogP contribution is -2.23. The predicted octanol–water partition coefficient (Wildman–Crippen LogP) is 2.10. The summed E-state index contributed by atoms with van der Waals surface area (Å²) in [6.07, 6.45) is 0. The Morgan fingerprint density at radius 3 is 2.52 bits per heavy atom. The third-order valence-corrected chi connectivity index (χ3v) is 2.86. The van der Waals surface area contributed by atoms with Crippen molar-refractivity contribution in [1.82, 2.24) is 5.32 Å². The number of aliphatic hydroxyl groups is 1. The van der Waals surface area contributed by atoms with E-state index in [1.165, 1.54) is 6.07 Å². The second kappa shape index (κ2) is 7.22. The smallest absolute Gasteiger partial charge is 0.251 e. The van der Waals surface area contributed by atoms with Gasteiger partial charge in [0.05, 0.1) is 0 Å². The van der Waals surface area contributed by atoms with Gasteiger partial charge in [0.2, 0.25) is 0 Å². The van der Waals surface area contributed by atoms with E-state index in [1.54, 1.807) is 42.5 Å². The minimum absolute atomic E-state index is 0.136. The number of carbonyl (C=O) groups is 1. The molecule has 21 heavy (non-hydrogen) atoms. The van der Waals surface area contributed by atoms with Crippen LogP contribution >= 0.6 is 0 Å². The summed E-state index contributed by atoms with van der Waals surface area (Å²) in [6, 6.07) is 13.0. The Morgan fingerprint density at radius 2 is 1.86 bits per heavy atom. The summed E-state index contributed by atoms with van der Waals surface area (Å²) in [7, 11) is 0. The fraction of sp³-hybridized carbons (Fsp3) is 0.118. The average molecular weight is 283 g/mol. The summed E-state index contributed by atoms with van der Waals surface area (Å²) in [6.45, 7) is -0.0670. The molecule has 2 N–H and O–H groups in total. The fourth-order valence-electron chi connectivity index (χ4n) is 1.77. The molecule has 0 unspecified atom stereocenters. The summed E-state index contributed by atoms with van der Waals surface area (Å²) in [4.78, 5) is 11.9. The topological polar surface area (TPSA) is 49.3 Å². The first kappa shape index (κ1) is 14.8. The highest BCUT2D eigenvalue weighted by atomic mass is 19.1. The van der Waals surface area contributed by atoms with E-state index in [-0.39, 0.29) is 24.9 Å². The lowest BCUT2D eigenvalue weighted by molar-refractivity contribution is 0.0950. The van der Waals surface area contributed by atoms with E-state index in [0.29, 0.717) is 11.1 Å². The van der Waals surface area contributed by atoms with Crippen LogP contribution in [0.15, 0.2) is 48.5 Å². The van der Waals surface area contributed by atoms with Crippen molar-refractivity contribution in [3.63, 3.8) is 0 Å². The van der Waals surface area contributed by atoms with E-state index >= 15 is 0 Å². The van der Waals surface area contributed by atoms with Crippen LogP contribution in [0.25, 0.3) is 0 Å². The molecular weight excluding hydrogens is 269 g/mol. The van der Waals surface area contributed by atoms with Crippen molar-refractivity contribution < 1.29 is 14.3 Å². The van der Waals surface area contributed by atoms with Crippen LogP contribution in [-0.4, -0.2) is 17.6 Å². The van der Waals surface area contributed by atoms with Gasteiger partial charge in [-0.1, -0.05) is 30.0 Å². The van der Waals surface area contributed by atoms with Gasteiger partial charge in [0.1, 0.15) is 12.4 Å².